The SMILES string of the molecule is C[C@@H](C1CC1)n1ncc2[nH]c(-c3nccn3C)nc21. The zero-order chi connectivity index (χ0) is 13.0. The second-order valence-corrected chi connectivity index (χ2v) is 5.35. The fourth-order valence-electron chi connectivity index (χ4n) is 2.59. The molecular weight excluding hydrogens is 240 g/mol. The van der Waals surface area contributed by atoms with Crippen molar-refractivity contribution in [3.63, 3.8) is 0 Å². The van der Waals surface area contributed by atoms with Gasteiger partial charge in [0.25, 0.3) is 0 Å². The van der Waals surface area contributed by atoms with Gasteiger partial charge < -0.3 is 9.55 Å². The van der Waals surface area contributed by atoms with E-state index >= 15 is 0 Å². The number of H-pyrrole nitrogens is 1. The lowest BCUT2D eigenvalue weighted by Crippen LogP contribution is -2.08. The van der Waals surface area contributed by atoms with Gasteiger partial charge in [-0.25, -0.2) is 14.6 Å². The molecule has 3 aromatic rings. The molecule has 0 saturated heterocycles. The van der Waals surface area contributed by atoms with Gasteiger partial charge in [0.1, 0.15) is 5.52 Å². The molecule has 0 radical (unpaired) electrons. The highest BCUT2D eigenvalue weighted by molar-refractivity contribution is 5.74. The van der Waals surface area contributed by atoms with Gasteiger partial charge in [-0.05, 0) is 25.7 Å². The van der Waals surface area contributed by atoms with Crippen molar-refractivity contribution < 1.29 is 0 Å². The first-order valence-electron chi connectivity index (χ1n) is 6.65. The van der Waals surface area contributed by atoms with Crippen LogP contribution in [0.3, 0.4) is 0 Å². The number of nitrogens with zero attached hydrogens (tertiary/aromatic N) is 5. The highest BCUT2D eigenvalue weighted by Crippen LogP contribution is 2.40. The van der Waals surface area contributed by atoms with Crippen LogP contribution in [0.2, 0.25) is 0 Å². The Morgan fingerprint density at radius 1 is 1.42 bits per heavy atom. The fourth-order valence-corrected chi connectivity index (χ4v) is 2.59. The van der Waals surface area contributed by atoms with E-state index in [-0.39, 0.29) is 0 Å². The number of hydrogen-bond donors (Lipinski definition) is 1. The first kappa shape index (κ1) is 10.8. The molecule has 6 heteroatoms. The molecule has 19 heavy (non-hydrogen) atoms. The number of nitrogens with one attached hydrogen (secondary N) is 1. The maximum absolute atomic E-state index is 4.67. The van der Waals surface area contributed by atoms with E-state index in [1.807, 2.05) is 28.7 Å². The zero-order valence-corrected chi connectivity index (χ0v) is 11.0. The minimum Gasteiger partial charge on any atom is -0.333 e. The van der Waals surface area contributed by atoms with Crippen molar-refractivity contribution in [2.75, 3.05) is 0 Å². The van der Waals surface area contributed by atoms with E-state index in [1.165, 1.54) is 12.8 Å². The Morgan fingerprint density at radius 2 is 2.26 bits per heavy atom. The van der Waals surface area contributed by atoms with Crippen molar-refractivity contribution >= 4 is 11.2 Å². The lowest BCUT2D eigenvalue weighted by molar-refractivity contribution is 0.451. The molecule has 0 bridgehead atoms. The Bertz CT molecular complexity index is 729. The first-order valence-corrected chi connectivity index (χ1v) is 6.65. The third kappa shape index (κ3) is 1.59. The van der Waals surface area contributed by atoms with E-state index in [9.17, 15) is 0 Å². The third-order valence-electron chi connectivity index (χ3n) is 3.96. The summed E-state index contributed by atoms with van der Waals surface area (Å²) in [6.07, 6.45) is 8.16. The molecular formula is C13H16N6. The summed E-state index contributed by atoms with van der Waals surface area (Å²) >= 11 is 0. The molecule has 0 amide bonds. The number of aromatic nitrogens is 6. The van der Waals surface area contributed by atoms with Gasteiger partial charge in [0, 0.05) is 19.4 Å². The molecule has 6 nitrogen and oxygen atoms in total. The van der Waals surface area contributed by atoms with Crippen LogP contribution < -0.4 is 0 Å². The Hall–Kier alpha value is -2.11. The van der Waals surface area contributed by atoms with Gasteiger partial charge >= 0.3 is 0 Å². The van der Waals surface area contributed by atoms with E-state index in [0.29, 0.717) is 6.04 Å². The van der Waals surface area contributed by atoms with E-state index in [4.69, 9.17) is 0 Å². The minimum atomic E-state index is 0.426. The average Bonchev–Trinajstić information content (AvgIpc) is 2.84. The van der Waals surface area contributed by atoms with Crippen molar-refractivity contribution in [1.29, 1.82) is 0 Å². The number of fused-ring (bicyclic) bond motifs is 1. The molecule has 1 saturated carbocycles. The second-order valence-electron chi connectivity index (χ2n) is 5.35. The van der Waals surface area contributed by atoms with Gasteiger partial charge in [0.05, 0.1) is 12.2 Å². The second kappa shape index (κ2) is 3.69. The quantitative estimate of drug-likeness (QED) is 0.780. The lowest BCUT2D eigenvalue weighted by Gasteiger charge is -2.10. The van der Waals surface area contributed by atoms with Crippen LogP contribution in [-0.2, 0) is 7.05 Å². The molecule has 1 fully saturated rings. The normalized spacial score (nSPS) is 17.2. The van der Waals surface area contributed by atoms with Crippen LogP contribution in [-0.4, -0.2) is 29.3 Å². The molecule has 3 aromatic heterocycles. The van der Waals surface area contributed by atoms with Crippen LogP contribution in [0.4, 0.5) is 0 Å². The summed E-state index contributed by atoms with van der Waals surface area (Å²) in [5.74, 6) is 2.41. The Kier molecular flexibility index (Phi) is 2.09. The molecule has 1 N–H and O–H groups in total. The predicted octanol–water partition coefficient (Wildman–Crippen LogP) is 2.13. The van der Waals surface area contributed by atoms with Gasteiger partial charge in [-0.3, -0.25) is 0 Å². The maximum atomic E-state index is 4.67. The predicted molar refractivity (Wildman–Crippen MR) is 71.5 cm³/mol. The fraction of sp³-hybridized carbons (Fsp3) is 0.462. The summed E-state index contributed by atoms with van der Waals surface area (Å²) in [4.78, 5) is 12.3. The molecule has 4 rings (SSSR count). The molecule has 0 unspecified atom stereocenters. The molecule has 1 aliphatic rings. The van der Waals surface area contributed by atoms with Crippen molar-refractivity contribution in [3.8, 4) is 11.6 Å². The highest BCUT2D eigenvalue weighted by Gasteiger charge is 2.31. The summed E-state index contributed by atoms with van der Waals surface area (Å²) in [6, 6.07) is 0.426. The monoisotopic (exact) mass is 256 g/mol. The number of hydrogen-bond acceptors (Lipinski definition) is 3. The van der Waals surface area contributed by atoms with Crippen LogP contribution in [0.1, 0.15) is 25.8 Å². The number of aryl methyl sites for hydroxylation is 1. The zero-order valence-electron chi connectivity index (χ0n) is 11.0. The Balaban J connectivity index is 1.81. The summed E-state index contributed by atoms with van der Waals surface area (Å²) in [7, 11) is 1.97. The number of imidazole rings is 2. The van der Waals surface area contributed by atoms with Crippen molar-refractivity contribution in [2.24, 2.45) is 13.0 Å². The number of aromatic amines is 1. The molecule has 98 valence electrons. The molecule has 1 aliphatic carbocycles. The molecule has 3 heterocycles. The smallest absolute Gasteiger partial charge is 0.177 e. The summed E-state index contributed by atoms with van der Waals surface area (Å²) in [6.45, 7) is 2.22. The Labute approximate surface area is 110 Å². The third-order valence-corrected chi connectivity index (χ3v) is 3.96. The molecule has 1 atom stereocenters. The average molecular weight is 256 g/mol. The van der Waals surface area contributed by atoms with Crippen molar-refractivity contribution in [1.82, 2.24) is 29.3 Å². The van der Waals surface area contributed by atoms with Gasteiger partial charge in [0.15, 0.2) is 17.3 Å². The first-order chi connectivity index (χ1) is 9.24. The largest absolute Gasteiger partial charge is 0.333 e. The van der Waals surface area contributed by atoms with Gasteiger partial charge in [-0.1, -0.05) is 0 Å². The van der Waals surface area contributed by atoms with Crippen LogP contribution >= 0.6 is 0 Å². The molecule has 0 aliphatic heterocycles. The van der Waals surface area contributed by atoms with Crippen molar-refractivity contribution in [3.05, 3.63) is 18.6 Å². The van der Waals surface area contributed by atoms with E-state index in [0.717, 1.165) is 28.7 Å². The van der Waals surface area contributed by atoms with E-state index < -0.39 is 0 Å². The van der Waals surface area contributed by atoms with Crippen LogP contribution in [0.5, 0.6) is 0 Å². The standard InChI is InChI=1S/C13H16N6/c1-8(9-3-4-9)19-12-10(7-15-19)16-11(17-12)13-14-5-6-18(13)2/h5-9H,3-4H2,1-2H3,(H,16,17)/t8-/m0/s1. The lowest BCUT2D eigenvalue weighted by atomic mass is 10.2. The molecule has 0 aromatic carbocycles. The highest BCUT2D eigenvalue weighted by atomic mass is 15.3. The maximum Gasteiger partial charge on any atom is 0.177 e. The summed E-state index contributed by atoms with van der Waals surface area (Å²) in [5.41, 5.74) is 1.91. The van der Waals surface area contributed by atoms with E-state index in [1.54, 1.807) is 6.20 Å². The van der Waals surface area contributed by atoms with Crippen LogP contribution in [0.25, 0.3) is 22.8 Å². The van der Waals surface area contributed by atoms with Crippen molar-refractivity contribution in [2.45, 2.75) is 25.8 Å². The van der Waals surface area contributed by atoms with Gasteiger partial charge in [-0.15, -0.1) is 0 Å². The van der Waals surface area contributed by atoms with E-state index in [2.05, 4.69) is 27.0 Å². The topological polar surface area (TPSA) is 64.3 Å². The summed E-state index contributed by atoms with van der Waals surface area (Å²) < 4.78 is 4.00. The van der Waals surface area contributed by atoms with Crippen LogP contribution in [0.15, 0.2) is 18.6 Å². The van der Waals surface area contributed by atoms with Gasteiger partial charge in [-0.2, -0.15) is 5.10 Å². The number of rotatable bonds is 3. The summed E-state index contributed by atoms with van der Waals surface area (Å²) in [5, 5.41) is 4.46. The molecule has 0 spiro atoms. The Morgan fingerprint density at radius 3 is 2.95 bits per heavy atom. The van der Waals surface area contributed by atoms with Gasteiger partial charge in [0.2, 0.25) is 0 Å². The minimum absolute atomic E-state index is 0.426. The van der Waals surface area contributed by atoms with Crippen LogP contribution in [0, 0.1) is 5.92 Å².